The van der Waals surface area contributed by atoms with E-state index >= 15 is 0 Å². The van der Waals surface area contributed by atoms with Crippen LogP contribution in [0.5, 0.6) is 0 Å². The van der Waals surface area contributed by atoms with Gasteiger partial charge in [0.2, 0.25) is 0 Å². The van der Waals surface area contributed by atoms with E-state index in [0.717, 1.165) is 11.8 Å². The van der Waals surface area contributed by atoms with Crippen molar-refractivity contribution < 1.29 is 0 Å². The van der Waals surface area contributed by atoms with Crippen LogP contribution < -0.4 is 0 Å². The fourth-order valence-corrected chi connectivity index (χ4v) is 4.26. The Balaban J connectivity index is 4.06. The molecule has 0 aromatic heterocycles. The third kappa shape index (κ3) is 17.2. The lowest BCUT2D eigenvalue weighted by molar-refractivity contribution is 0.295. The SMILES string of the molecule is CCCCCCCCC(CCCCCCCC)CC(CC)CCCC. The molecule has 25 heavy (non-hydrogen) atoms. The molecule has 0 N–H and O–H groups in total. The van der Waals surface area contributed by atoms with Crippen LogP contribution in [0.3, 0.4) is 0 Å². The minimum atomic E-state index is 1.00. The molecule has 0 aliphatic carbocycles. The van der Waals surface area contributed by atoms with Crippen molar-refractivity contribution in [2.24, 2.45) is 11.8 Å². The molecule has 1 atom stereocenters. The van der Waals surface area contributed by atoms with Crippen LogP contribution in [-0.2, 0) is 0 Å². The standard InChI is InChI=1S/C25H52/c1-5-9-12-14-16-18-21-25(22-19-17-15-13-10-6-2)23-24(8-4)20-11-7-3/h24-25H,5-23H2,1-4H3. The molecule has 0 aliphatic heterocycles. The van der Waals surface area contributed by atoms with Gasteiger partial charge in [-0.2, -0.15) is 0 Å². The van der Waals surface area contributed by atoms with Crippen LogP contribution in [0.15, 0.2) is 0 Å². The summed E-state index contributed by atoms with van der Waals surface area (Å²) in [6.45, 7) is 9.40. The Morgan fingerprint density at radius 3 is 1.24 bits per heavy atom. The minimum Gasteiger partial charge on any atom is -0.0654 e. The van der Waals surface area contributed by atoms with Crippen molar-refractivity contribution in [2.45, 2.75) is 150 Å². The van der Waals surface area contributed by atoms with Crippen LogP contribution >= 0.6 is 0 Å². The predicted octanol–water partition coefficient (Wildman–Crippen LogP) is 9.71. The Bertz CT molecular complexity index is 216. The van der Waals surface area contributed by atoms with Gasteiger partial charge in [0.05, 0.1) is 0 Å². The fourth-order valence-electron chi connectivity index (χ4n) is 4.26. The maximum Gasteiger partial charge on any atom is -0.0412 e. The third-order valence-electron chi connectivity index (χ3n) is 6.14. The first kappa shape index (κ1) is 25.0. The van der Waals surface area contributed by atoms with Crippen molar-refractivity contribution in [2.75, 3.05) is 0 Å². The van der Waals surface area contributed by atoms with Gasteiger partial charge in [0.25, 0.3) is 0 Å². The van der Waals surface area contributed by atoms with E-state index in [1.54, 1.807) is 0 Å². The molecule has 0 bridgehead atoms. The highest BCUT2D eigenvalue weighted by Gasteiger charge is 2.15. The van der Waals surface area contributed by atoms with Gasteiger partial charge in [0.1, 0.15) is 0 Å². The first-order chi connectivity index (χ1) is 12.3. The summed E-state index contributed by atoms with van der Waals surface area (Å²) in [6.07, 6.45) is 27.7. The van der Waals surface area contributed by atoms with E-state index < -0.39 is 0 Å². The molecule has 0 saturated heterocycles. The summed E-state index contributed by atoms with van der Waals surface area (Å²) in [4.78, 5) is 0. The monoisotopic (exact) mass is 352 g/mol. The van der Waals surface area contributed by atoms with Crippen molar-refractivity contribution >= 4 is 0 Å². The van der Waals surface area contributed by atoms with Crippen molar-refractivity contribution in [1.29, 1.82) is 0 Å². The van der Waals surface area contributed by atoms with Gasteiger partial charge in [-0.3, -0.25) is 0 Å². The second-order valence-electron chi connectivity index (χ2n) is 8.63. The average molecular weight is 353 g/mol. The summed E-state index contributed by atoms with van der Waals surface area (Å²) in [7, 11) is 0. The highest BCUT2D eigenvalue weighted by atomic mass is 14.2. The van der Waals surface area contributed by atoms with Crippen molar-refractivity contribution in [3.05, 3.63) is 0 Å². The Morgan fingerprint density at radius 1 is 0.400 bits per heavy atom. The fraction of sp³-hybridized carbons (Fsp3) is 1.00. The van der Waals surface area contributed by atoms with Gasteiger partial charge >= 0.3 is 0 Å². The molecule has 0 heterocycles. The molecule has 0 nitrogen and oxygen atoms in total. The second kappa shape index (κ2) is 20.3. The maximum atomic E-state index is 2.42. The third-order valence-corrected chi connectivity index (χ3v) is 6.14. The lowest BCUT2D eigenvalue weighted by Crippen LogP contribution is -2.09. The summed E-state index contributed by atoms with van der Waals surface area (Å²) in [5, 5.41) is 0. The molecule has 1 unspecified atom stereocenters. The number of unbranched alkanes of at least 4 members (excludes halogenated alkanes) is 11. The average Bonchev–Trinajstić information content (AvgIpc) is 2.63. The second-order valence-corrected chi connectivity index (χ2v) is 8.63. The van der Waals surface area contributed by atoms with E-state index in [1.165, 1.54) is 122 Å². The van der Waals surface area contributed by atoms with E-state index in [2.05, 4.69) is 27.7 Å². The highest BCUT2D eigenvalue weighted by molar-refractivity contribution is 4.67. The normalized spacial score (nSPS) is 12.8. The first-order valence-corrected chi connectivity index (χ1v) is 12.3. The van der Waals surface area contributed by atoms with E-state index in [1.807, 2.05) is 0 Å². The van der Waals surface area contributed by atoms with Crippen LogP contribution in [0.25, 0.3) is 0 Å². The van der Waals surface area contributed by atoms with Crippen molar-refractivity contribution in [1.82, 2.24) is 0 Å². The molecule has 0 aromatic rings. The Morgan fingerprint density at radius 2 is 0.800 bits per heavy atom. The zero-order valence-electron chi connectivity index (χ0n) is 18.6. The topological polar surface area (TPSA) is 0 Å². The largest absolute Gasteiger partial charge is 0.0654 e. The molecule has 0 spiro atoms. The van der Waals surface area contributed by atoms with Crippen LogP contribution in [0.2, 0.25) is 0 Å². The van der Waals surface area contributed by atoms with Gasteiger partial charge in [0, 0.05) is 0 Å². The molecule has 0 saturated carbocycles. The molecule has 0 heteroatoms. The molecule has 152 valence electrons. The molecule has 0 aliphatic rings. The van der Waals surface area contributed by atoms with E-state index in [-0.39, 0.29) is 0 Å². The first-order valence-electron chi connectivity index (χ1n) is 12.3. The van der Waals surface area contributed by atoms with Crippen LogP contribution in [-0.4, -0.2) is 0 Å². The van der Waals surface area contributed by atoms with Gasteiger partial charge in [-0.1, -0.05) is 143 Å². The minimum absolute atomic E-state index is 1.00. The van der Waals surface area contributed by atoms with E-state index in [0.29, 0.717) is 0 Å². The van der Waals surface area contributed by atoms with Gasteiger partial charge in [-0.15, -0.1) is 0 Å². The predicted molar refractivity (Wildman–Crippen MR) is 117 cm³/mol. The van der Waals surface area contributed by atoms with E-state index in [4.69, 9.17) is 0 Å². The molecular weight excluding hydrogens is 300 g/mol. The molecular formula is C25H52. The summed E-state index contributed by atoms with van der Waals surface area (Å²) < 4.78 is 0. The van der Waals surface area contributed by atoms with Gasteiger partial charge in [0.15, 0.2) is 0 Å². The molecule has 0 aromatic carbocycles. The molecule has 0 fully saturated rings. The zero-order chi connectivity index (χ0) is 18.6. The quantitative estimate of drug-likeness (QED) is 0.191. The van der Waals surface area contributed by atoms with Gasteiger partial charge in [-0.25, -0.2) is 0 Å². The Labute approximate surface area is 161 Å². The van der Waals surface area contributed by atoms with Gasteiger partial charge < -0.3 is 0 Å². The Kier molecular flexibility index (Phi) is 20.3. The van der Waals surface area contributed by atoms with Crippen molar-refractivity contribution in [3.63, 3.8) is 0 Å². The smallest absolute Gasteiger partial charge is 0.0412 e. The Hall–Kier alpha value is 0. The zero-order valence-corrected chi connectivity index (χ0v) is 18.6. The lowest BCUT2D eigenvalue weighted by Gasteiger charge is -2.23. The highest BCUT2D eigenvalue weighted by Crippen LogP contribution is 2.29. The number of hydrogen-bond acceptors (Lipinski definition) is 0. The maximum absolute atomic E-state index is 2.42. The van der Waals surface area contributed by atoms with Crippen LogP contribution in [0, 0.1) is 11.8 Å². The van der Waals surface area contributed by atoms with Crippen molar-refractivity contribution in [3.8, 4) is 0 Å². The number of hydrogen-bond donors (Lipinski definition) is 0. The molecule has 0 amide bonds. The van der Waals surface area contributed by atoms with E-state index in [9.17, 15) is 0 Å². The lowest BCUT2D eigenvalue weighted by atomic mass is 9.83. The summed E-state index contributed by atoms with van der Waals surface area (Å²) >= 11 is 0. The van der Waals surface area contributed by atoms with Crippen LogP contribution in [0.4, 0.5) is 0 Å². The summed E-state index contributed by atoms with van der Waals surface area (Å²) in [6, 6.07) is 0. The summed E-state index contributed by atoms with van der Waals surface area (Å²) in [5.41, 5.74) is 0. The number of rotatable bonds is 20. The van der Waals surface area contributed by atoms with Gasteiger partial charge in [-0.05, 0) is 18.3 Å². The molecule has 0 rings (SSSR count). The summed E-state index contributed by atoms with van der Waals surface area (Å²) in [5.74, 6) is 2.03. The molecule has 0 radical (unpaired) electrons. The van der Waals surface area contributed by atoms with Crippen LogP contribution in [0.1, 0.15) is 150 Å².